The maximum Gasteiger partial charge on any atom is 0.222 e. The fourth-order valence-electron chi connectivity index (χ4n) is 1.76. The summed E-state index contributed by atoms with van der Waals surface area (Å²) in [6.45, 7) is 9.63. The van der Waals surface area contributed by atoms with Crippen molar-refractivity contribution in [2.24, 2.45) is 11.8 Å². The largest absolute Gasteiger partial charge is 0.346 e. The molecule has 0 spiro atoms. The highest BCUT2D eigenvalue weighted by Gasteiger charge is 2.21. The molecule has 0 N–H and O–H groups in total. The third kappa shape index (κ3) is 7.39. The van der Waals surface area contributed by atoms with E-state index in [0.29, 0.717) is 30.6 Å². The lowest BCUT2D eigenvalue weighted by atomic mass is 10.1. The van der Waals surface area contributed by atoms with E-state index in [0.717, 1.165) is 12.8 Å². The number of hydrogen-bond acceptors (Lipinski definition) is 3. The number of ether oxygens (including phenoxy) is 2. The number of hydrogen-bond donors (Lipinski definition) is 0. The van der Waals surface area contributed by atoms with Gasteiger partial charge in [-0.3, -0.25) is 4.79 Å². The van der Waals surface area contributed by atoms with Crippen LogP contribution in [0.3, 0.4) is 0 Å². The Balaban J connectivity index is 2.59. The van der Waals surface area contributed by atoms with Crippen molar-refractivity contribution in [3.63, 3.8) is 0 Å². The first kappa shape index (κ1) is 17.9. The molecule has 118 valence electrons. The number of rotatable bonds is 10. The molecule has 0 amide bonds. The molecule has 3 nitrogen and oxygen atoms in total. The summed E-state index contributed by atoms with van der Waals surface area (Å²) in [6, 6.07) is 9.20. The van der Waals surface area contributed by atoms with Crippen molar-refractivity contribution in [3.8, 4) is 0 Å². The van der Waals surface area contributed by atoms with Crippen LogP contribution in [0.1, 0.15) is 50.9 Å². The lowest BCUT2D eigenvalue weighted by Crippen LogP contribution is -2.29. The molecular formula is C18H28O3. The van der Waals surface area contributed by atoms with Crippen LogP contribution < -0.4 is 0 Å². The standard InChI is InChI=1S/C18H28O3/c1-14(2)10-12-20-18(21-13-11-15(3)4)17(19)16-8-6-5-7-9-16/h5-9,14-15,18H,10-13H2,1-4H3. The molecule has 0 aromatic heterocycles. The lowest BCUT2D eigenvalue weighted by Gasteiger charge is -2.19. The van der Waals surface area contributed by atoms with E-state index in [1.807, 2.05) is 18.2 Å². The fraction of sp³-hybridized carbons (Fsp3) is 0.611. The molecule has 0 heterocycles. The van der Waals surface area contributed by atoms with E-state index in [4.69, 9.17) is 9.47 Å². The molecule has 0 aliphatic rings. The molecule has 3 heteroatoms. The first-order valence-corrected chi connectivity index (χ1v) is 7.83. The zero-order chi connectivity index (χ0) is 15.7. The summed E-state index contributed by atoms with van der Waals surface area (Å²) < 4.78 is 11.4. The highest BCUT2D eigenvalue weighted by atomic mass is 16.7. The van der Waals surface area contributed by atoms with E-state index in [1.165, 1.54) is 0 Å². The molecule has 0 fully saturated rings. The van der Waals surface area contributed by atoms with Gasteiger partial charge in [0.1, 0.15) is 0 Å². The number of carbonyl (C=O) groups is 1. The third-order valence-electron chi connectivity index (χ3n) is 3.20. The van der Waals surface area contributed by atoms with Crippen LogP contribution >= 0.6 is 0 Å². The van der Waals surface area contributed by atoms with Crippen molar-refractivity contribution in [2.75, 3.05) is 13.2 Å². The molecule has 1 aromatic rings. The van der Waals surface area contributed by atoms with Gasteiger partial charge in [-0.25, -0.2) is 0 Å². The Morgan fingerprint density at radius 2 is 1.38 bits per heavy atom. The minimum atomic E-state index is -0.787. The quantitative estimate of drug-likeness (QED) is 0.476. The second-order valence-corrected chi connectivity index (χ2v) is 6.17. The van der Waals surface area contributed by atoms with Crippen molar-refractivity contribution in [2.45, 2.75) is 46.8 Å². The van der Waals surface area contributed by atoms with Crippen LogP contribution in [0, 0.1) is 11.8 Å². The number of benzene rings is 1. The summed E-state index contributed by atoms with van der Waals surface area (Å²) in [5.41, 5.74) is 0.636. The van der Waals surface area contributed by atoms with Crippen molar-refractivity contribution < 1.29 is 14.3 Å². The highest BCUT2D eigenvalue weighted by molar-refractivity contribution is 5.98. The van der Waals surface area contributed by atoms with Crippen LogP contribution in [0.15, 0.2) is 30.3 Å². The van der Waals surface area contributed by atoms with Crippen LogP contribution in [0.2, 0.25) is 0 Å². The Kier molecular flexibility index (Phi) is 8.24. The van der Waals surface area contributed by atoms with Crippen LogP contribution in [0.4, 0.5) is 0 Å². The molecule has 0 aliphatic carbocycles. The van der Waals surface area contributed by atoms with Crippen LogP contribution in [-0.4, -0.2) is 25.3 Å². The molecular weight excluding hydrogens is 264 g/mol. The summed E-state index contributed by atoms with van der Waals surface area (Å²) in [4.78, 5) is 12.4. The van der Waals surface area contributed by atoms with E-state index in [2.05, 4.69) is 27.7 Å². The third-order valence-corrected chi connectivity index (χ3v) is 3.20. The molecule has 1 aromatic carbocycles. The van der Waals surface area contributed by atoms with Gasteiger partial charge in [-0.2, -0.15) is 0 Å². The maximum atomic E-state index is 12.4. The zero-order valence-corrected chi connectivity index (χ0v) is 13.7. The Morgan fingerprint density at radius 3 is 1.81 bits per heavy atom. The minimum Gasteiger partial charge on any atom is -0.346 e. The van der Waals surface area contributed by atoms with Gasteiger partial charge in [-0.15, -0.1) is 0 Å². The second-order valence-electron chi connectivity index (χ2n) is 6.17. The Labute approximate surface area is 128 Å². The van der Waals surface area contributed by atoms with Gasteiger partial charge in [0.15, 0.2) is 0 Å². The fourth-order valence-corrected chi connectivity index (χ4v) is 1.76. The monoisotopic (exact) mass is 292 g/mol. The van der Waals surface area contributed by atoms with Gasteiger partial charge in [-0.05, 0) is 24.7 Å². The van der Waals surface area contributed by atoms with Crippen LogP contribution in [0.5, 0.6) is 0 Å². The molecule has 21 heavy (non-hydrogen) atoms. The topological polar surface area (TPSA) is 35.5 Å². The summed E-state index contributed by atoms with van der Waals surface area (Å²) in [7, 11) is 0. The molecule has 0 atom stereocenters. The molecule has 0 saturated carbocycles. The first-order valence-electron chi connectivity index (χ1n) is 7.83. The second kappa shape index (κ2) is 9.69. The Bertz CT molecular complexity index is 384. The normalized spacial score (nSPS) is 11.6. The summed E-state index contributed by atoms with van der Waals surface area (Å²) in [5.74, 6) is 1.00. The van der Waals surface area contributed by atoms with E-state index < -0.39 is 6.29 Å². The predicted molar refractivity (Wildman–Crippen MR) is 85.4 cm³/mol. The van der Waals surface area contributed by atoms with Gasteiger partial charge in [0.25, 0.3) is 0 Å². The molecule has 1 rings (SSSR count). The average Bonchev–Trinajstić information content (AvgIpc) is 2.45. The molecule has 0 bridgehead atoms. The lowest BCUT2D eigenvalue weighted by molar-refractivity contribution is -0.118. The highest BCUT2D eigenvalue weighted by Crippen LogP contribution is 2.11. The minimum absolute atomic E-state index is 0.0943. The number of Topliss-reactive ketones (excluding diaryl/α,β-unsaturated/α-hetero) is 1. The summed E-state index contributed by atoms with van der Waals surface area (Å²) in [5, 5.41) is 0. The van der Waals surface area contributed by atoms with Gasteiger partial charge in [0, 0.05) is 5.56 Å². The Morgan fingerprint density at radius 1 is 0.905 bits per heavy atom. The SMILES string of the molecule is CC(C)CCOC(OCCC(C)C)C(=O)c1ccccc1. The number of ketones is 1. The van der Waals surface area contributed by atoms with Crippen LogP contribution in [-0.2, 0) is 9.47 Å². The van der Waals surface area contributed by atoms with Crippen LogP contribution in [0.25, 0.3) is 0 Å². The molecule has 0 radical (unpaired) electrons. The maximum absolute atomic E-state index is 12.4. The summed E-state index contributed by atoms with van der Waals surface area (Å²) in [6.07, 6.45) is 1.06. The van der Waals surface area contributed by atoms with Gasteiger partial charge in [0.05, 0.1) is 13.2 Å². The van der Waals surface area contributed by atoms with Gasteiger partial charge in [-0.1, -0.05) is 58.0 Å². The van der Waals surface area contributed by atoms with E-state index in [-0.39, 0.29) is 5.78 Å². The first-order chi connectivity index (χ1) is 10.0. The smallest absolute Gasteiger partial charge is 0.222 e. The van der Waals surface area contributed by atoms with Crippen molar-refractivity contribution in [1.29, 1.82) is 0 Å². The molecule has 0 unspecified atom stereocenters. The van der Waals surface area contributed by atoms with Gasteiger partial charge >= 0.3 is 0 Å². The predicted octanol–water partition coefficient (Wildman–Crippen LogP) is 4.32. The van der Waals surface area contributed by atoms with Crippen molar-refractivity contribution in [1.82, 2.24) is 0 Å². The van der Waals surface area contributed by atoms with E-state index >= 15 is 0 Å². The molecule has 0 saturated heterocycles. The van der Waals surface area contributed by atoms with Gasteiger partial charge < -0.3 is 9.47 Å². The Hall–Kier alpha value is -1.19. The van der Waals surface area contributed by atoms with E-state index in [9.17, 15) is 4.79 Å². The zero-order valence-electron chi connectivity index (χ0n) is 13.7. The van der Waals surface area contributed by atoms with Gasteiger partial charge in [0.2, 0.25) is 12.1 Å². The average molecular weight is 292 g/mol. The summed E-state index contributed by atoms with van der Waals surface area (Å²) >= 11 is 0. The van der Waals surface area contributed by atoms with Crippen molar-refractivity contribution >= 4 is 5.78 Å². The molecule has 0 aliphatic heterocycles. The van der Waals surface area contributed by atoms with Crippen molar-refractivity contribution in [3.05, 3.63) is 35.9 Å². The number of carbonyl (C=O) groups excluding carboxylic acids is 1. The van der Waals surface area contributed by atoms with E-state index in [1.54, 1.807) is 12.1 Å².